The van der Waals surface area contributed by atoms with Crippen molar-refractivity contribution in [3.63, 3.8) is 0 Å². The van der Waals surface area contributed by atoms with E-state index in [1.807, 2.05) is 17.8 Å². The average Bonchev–Trinajstić information content (AvgIpc) is 3.11. The summed E-state index contributed by atoms with van der Waals surface area (Å²) in [6.45, 7) is 4.96. The van der Waals surface area contributed by atoms with Crippen LogP contribution in [0.5, 0.6) is 0 Å². The number of hydrogen-bond acceptors (Lipinski definition) is 5. The molecule has 0 N–H and O–H groups in total. The van der Waals surface area contributed by atoms with Gasteiger partial charge >= 0.3 is 0 Å². The molecule has 3 rings (SSSR count). The maximum Gasteiger partial charge on any atom is 0.105 e. The second-order valence-electron chi connectivity index (χ2n) is 5.68. The zero-order valence-corrected chi connectivity index (χ0v) is 12.2. The second kappa shape index (κ2) is 5.38. The number of aromatic nitrogens is 3. The van der Waals surface area contributed by atoms with E-state index in [0.717, 1.165) is 25.4 Å². The summed E-state index contributed by atoms with van der Waals surface area (Å²) in [6.07, 6.45) is 5.46. The minimum Gasteiger partial charge on any atom is -0.469 e. The van der Waals surface area contributed by atoms with Gasteiger partial charge in [0.15, 0.2) is 0 Å². The third-order valence-corrected chi connectivity index (χ3v) is 4.14. The molecule has 2 aromatic rings. The minimum atomic E-state index is 0.347. The lowest BCUT2D eigenvalue weighted by Gasteiger charge is -2.24. The molecule has 0 saturated carbocycles. The minimum absolute atomic E-state index is 0.347. The summed E-state index contributed by atoms with van der Waals surface area (Å²) in [7, 11) is 4.25. The van der Waals surface area contributed by atoms with Crippen LogP contribution < -0.4 is 0 Å². The van der Waals surface area contributed by atoms with E-state index < -0.39 is 0 Å². The normalized spacial score (nSPS) is 23.8. The molecule has 108 valence electrons. The summed E-state index contributed by atoms with van der Waals surface area (Å²) in [4.78, 5) is 4.73. The molecule has 1 saturated heterocycles. The van der Waals surface area contributed by atoms with Crippen molar-refractivity contribution in [2.75, 3.05) is 27.2 Å². The van der Waals surface area contributed by atoms with E-state index >= 15 is 0 Å². The Bertz CT molecular complexity index is 548. The van der Waals surface area contributed by atoms with E-state index in [9.17, 15) is 0 Å². The Kier molecular flexibility index (Phi) is 3.58. The molecule has 0 aromatic carbocycles. The van der Waals surface area contributed by atoms with Gasteiger partial charge < -0.3 is 9.32 Å². The smallest absolute Gasteiger partial charge is 0.105 e. The summed E-state index contributed by atoms with van der Waals surface area (Å²) in [5.41, 5.74) is 1.27. The molecule has 20 heavy (non-hydrogen) atoms. The molecule has 3 heterocycles. The van der Waals surface area contributed by atoms with Gasteiger partial charge in [0, 0.05) is 37.4 Å². The van der Waals surface area contributed by atoms with Crippen molar-refractivity contribution in [3.05, 3.63) is 36.0 Å². The number of likely N-dealkylation sites (N-methyl/N-ethyl adjacent to an activating group) is 1. The second-order valence-corrected chi connectivity index (χ2v) is 5.68. The van der Waals surface area contributed by atoms with Crippen LogP contribution in [0.1, 0.15) is 17.4 Å². The Balaban J connectivity index is 1.75. The first-order valence-corrected chi connectivity index (χ1v) is 6.92. The topological polar surface area (TPSA) is 50.3 Å². The molecule has 0 unspecified atom stereocenters. The summed E-state index contributed by atoms with van der Waals surface area (Å²) < 4.78 is 7.36. The van der Waals surface area contributed by atoms with E-state index in [1.165, 1.54) is 5.56 Å². The van der Waals surface area contributed by atoms with Crippen LogP contribution in [-0.2, 0) is 6.54 Å². The first kappa shape index (κ1) is 13.3. The Morgan fingerprint density at radius 1 is 1.40 bits per heavy atom. The molecule has 0 radical (unpaired) electrons. The van der Waals surface area contributed by atoms with Crippen LogP contribution in [-0.4, -0.2) is 58.0 Å². The summed E-state index contributed by atoms with van der Waals surface area (Å²) in [6, 6.07) is 2.85. The van der Waals surface area contributed by atoms with Gasteiger partial charge in [-0.2, -0.15) is 0 Å². The lowest BCUT2D eigenvalue weighted by atomic mass is 10.1. The highest BCUT2D eigenvalue weighted by molar-refractivity contribution is 5.15. The molecule has 0 amide bonds. The fourth-order valence-corrected chi connectivity index (χ4v) is 2.95. The molecular weight excluding hydrogens is 254 g/mol. The molecule has 1 fully saturated rings. The molecule has 1 aliphatic heterocycles. The number of likely N-dealkylation sites (tertiary alicyclic amines) is 1. The van der Waals surface area contributed by atoms with Gasteiger partial charge in [-0.3, -0.25) is 4.90 Å². The molecule has 1 aliphatic rings. The standard InChI is InChI=1S/C14H21N5O/c1-11-12(4-7-20-11)8-18-9-13(17(2)3)14(10-18)19-6-5-15-16-19/h4-7,13-14H,8-10H2,1-3H3/t13-,14+/m1/s1. The maximum atomic E-state index is 5.38. The van der Waals surface area contributed by atoms with E-state index in [2.05, 4.69) is 40.3 Å². The molecule has 2 atom stereocenters. The van der Waals surface area contributed by atoms with Crippen LogP contribution in [0.2, 0.25) is 0 Å². The van der Waals surface area contributed by atoms with Crippen LogP contribution in [0.3, 0.4) is 0 Å². The molecule has 2 aromatic heterocycles. The third kappa shape index (κ3) is 2.48. The zero-order valence-electron chi connectivity index (χ0n) is 12.2. The lowest BCUT2D eigenvalue weighted by molar-refractivity contribution is 0.237. The third-order valence-electron chi connectivity index (χ3n) is 4.14. The van der Waals surface area contributed by atoms with Crippen LogP contribution in [0.4, 0.5) is 0 Å². The SMILES string of the molecule is Cc1occc1CN1C[C@@H](N(C)C)[C@@H](n2ccnn2)C1. The summed E-state index contributed by atoms with van der Waals surface area (Å²) in [5.74, 6) is 1.01. The first-order valence-electron chi connectivity index (χ1n) is 6.92. The van der Waals surface area contributed by atoms with Crippen LogP contribution in [0.25, 0.3) is 0 Å². The van der Waals surface area contributed by atoms with Gasteiger partial charge in [-0.15, -0.1) is 5.10 Å². The number of rotatable bonds is 4. The predicted octanol–water partition coefficient (Wildman–Crippen LogP) is 1.17. The van der Waals surface area contributed by atoms with Gasteiger partial charge in [0.05, 0.1) is 18.5 Å². The van der Waals surface area contributed by atoms with E-state index in [1.54, 1.807) is 12.5 Å². The molecule has 6 nitrogen and oxygen atoms in total. The van der Waals surface area contributed by atoms with Crippen molar-refractivity contribution in [2.45, 2.75) is 25.6 Å². The van der Waals surface area contributed by atoms with Crippen molar-refractivity contribution in [1.82, 2.24) is 24.8 Å². The van der Waals surface area contributed by atoms with Crippen molar-refractivity contribution < 1.29 is 4.42 Å². The lowest BCUT2D eigenvalue weighted by Crippen LogP contribution is -2.36. The molecule has 6 heteroatoms. The van der Waals surface area contributed by atoms with Crippen molar-refractivity contribution in [2.24, 2.45) is 0 Å². The number of nitrogens with zero attached hydrogens (tertiary/aromatic N) is 5. The highest BCUT2D eigenvalue weighted by atomic mass is 16.3. The van der Waals surface area contributed by atoms with Crippen molar-refractivity contribution in [1.29, 1.82) is 0 Å². The maximum absolute atomic E-state index is 5.38. The summed E-state index contributed by atoms with van der Waals surface area (Å²) in [5, 5.41) is 8.11. The highest BCUT2D eigenvalue weighted by Crippen LogP contribution is 2.26. The van der Waals surface area contributed by atoms with E-state index in [0.29, 0.717) is 12.1 Å². The Morgan fingerprint density at radius 3 is 2.85 bits per heavy atom. The first-order chi connectivity index (χ1) is 9.65. The fourth-order valence-electron chi connectivity index (χ4n) is 2.95. The van der Waals surface area contributed by atoms with Gasteiger partial charge in [-0.25, -0.2) is 4.68 Å². The Morgan fingerprint density at radius 2 is 2.25 bits per heavy atom. The highest BCUT2D eigenvalue weighted by Gasteiger charge is 2.36. The largest absolute Gasteiger partial charge is 0.469 e. The molecule has 0 bridgehead atoms. The van der Waals surface area contributed by atoms with Gasteiger partial charge in [0.1, 0.15) is 5.76 Å². The zero-order chi connectivity index (χ0) is 14.1. The van der Waals surface area contributed by atoms with Gasteiger partial charge in [-0.1, -0.05) is 5.21 Å². The predicted molar refractivity (Wildman–Crippen MR) is 75.3 cm³/mol. The number of aryl methyl sites for hydroxylation is 1. The monoisotopic (exact) mass is 275 g/mol. The molecule has 0 aliphatic carbocycles. The Hall–Kier alpha value is -1.66. The van der Waals surface area contributed by atoms with Crippen molar-refractivity contribution >= 4 is 0 Å². The summed E-state index contributed by atoms with van der Waals surface area (Å²) >= 11 is 0. The molecule has 0 spiro atoms. The van der Waals surface area contributed by atoms with Gasteiger partial charge in [0.2, 0.25) is 0 Å². The van der Waals surface area contributed by atoms with E-state index in [-0.39, 0.29) is 0 Å². The van der Waals surface area contributed by atoms with E-state index in [4.69, 9.17) is 4.42 Å². The van der Waals surface area contributed by atoms with Gasteiger partial charge in [0.25, 0.3) is 0 Å². The van der Waals surface area contributed by atoms with Crippen LogP contribution in [0, 0.1) is 6.92 Å². The van der Waals surface area contributed by atoms with Gasteiger partial charge in [-0.05, 0) is 27.1 Å². The van der Waals surface area contributed by atoms with Crippen LogP contribution in [0.15, 0.2) is 29.1 Å². The fraction of sp³-hybridized carbons (Fsp3) is 0.571. The number of furan rings is 1. The quantitative estimate of drug-likeness (QED) is 0.838. The van der Waals surface area contributed by atoms with Crippen LogP contribution >= 0.6 is 0 Å². The Labute approximate surface area is 119 Å². The number of hydrogen-bond donors (Lipinski definition) is 0. The molecular formula is C14H21N5O. The van der Waals surface area contributed by atoms with Crippen molar-refractivity contribution in [3.8, 4) is 0 Å². The average molecular weight is 275 g/mol.